The van der Waals surface area contributed by atoms with Crippen molar-refractivity contribution in [2.45, 2.75) is 38.8 Å². The maximum absolute atomic E-state index is 4.56. The van der Waals surface area contributed by atoms with Crippen molar-refractivity contribution >= 4 is 16.7 Å². The van der Waals surface area contributed by atoms with Crippen molar-refractivity contribution in [3.63, 3.8) is 0 Å². The Morgan fingerprint density at radius 2 is 2.18 bits per heavy atom. The first-order valence-electron chi connectivity index (χ1n) is 7.72. The molecule has 1 atom stereocenters. The van der Waals surface area contributed by atoms with Gasteiger partial charge in [0.25, 0.3) is 0 Å². The molecular formula is C16H18N6. The van der Waals surface area contributed by atoms with Crippen LogP contribution in [-0.2, 0) is 19.4 Å². The standard InChI is InChI=1S/C16H18N6/c1-2-14-20-15-8-7-11(9-22(15)21-14)19-16-12-5-3-4-6-13(12)17-10-18-16/h3-6,10-11H,2,7-9H2,1H3,(H,17,18,19)/t11-/m0/s1. The van der Waals surface area contributed by atoms with Gasteiger partial charge in [-0.15, -0.1) is 0 Å². The summed E-state index contributed by atoms with van der Waals surface area (Å²) in [6, 6.07) is 8.38. The van der Waals surface area contributed by atoms with Gasteiger partial charge in [-0.3, -0.25) is 0 Å². The highest BCUT2D eigenvalue weighted by Gasteiger charge is 2.22. The second-order valence-corrected chi connectivity index (χ2v) is 5.60. The van der Waals surface area contributed by atoms with Crippen molar-refractivity contribution < 1.29 is 0 Å². The molecule has 0 saturated heterocycles. The van der Waals surface area contributed by atoms with Gasteiger partial charge in [0, 0.05) is 24.3 Å². The molecule has 0 unspecified atom stereocenters. The highest BCUT2D eigenvalue weighted by molar-refractivity contribution is 5.88. The van der Waals surface area contributed by atoms with Gasteiger partial charge in [0.2, 0.25) is 0 Å². The normalized spacial score (nSPS) is 17.4. The Morgan fingerprint density at radius 1 is 1.27 bits per heavy atom. The Kier molecular flexibility index (Phi) is 3.21. The van der Waals surface area contributed by atoms with Crippen LogP contribution in [0.1, 0.15) is 25.0 Å². The van der Waals surface area contributed by atoms with Crippen LogP contribution in [0.25, 0.3) is 10.9 Å². The summed E-state index contributed by atoms with van der Waals surface area (Å²) in [6.45, 7) is 2.92. The maximum Gasteiger partial charge on any atom is 0.150 e. The number of nitrogens with zero attached hydrogens (tertiary/aromatic N) is 5. The molecule has 112 valence electrons. The van der Waals surface area contributed by atoms with E-state index in [-0.39, 0.29) is 0 Å². The zero-order chi connectivity index (χ0) is 14.9. The Balaban J connectivity index is 1.59. The van der Waals surface area contributed by atoms with Gasteiger partial charge in [0.15, 0.2) is 5.82 Å². The molecule has 1 aliphatic rings. The fourth-order valence-corrected chi connectivity index (χ4v) is 2.94. The monoisotopic (exact) mass is 294 g/mol. The predicted molar refractivity (Wildman–Crippen MR) is 84.7 cm³/mol. The van der Waals surface area contributed by atoms with Crippen LogP contribution < -0.4 is 5.32 Å². The number of rotatable bonds is 3. The molecule has 1 aromatic carbocycles. The summed E-state index contributed by atoms with van der Waals surface area (Å²) in [5.74, 6) is 2.93. The Morgan fingerprint density at radius 3 is 3.09 bits per heavy atom. The van der Waals surface area contributed by atoms with Crippen molar-refractivity contribution in [3.8, 4) is 0 Å². The van der Waals surface area contributed by atoms with Crippen LogP contribution in [0.2, 0.25) is 0 Å². The molecule has 6 nitrogen and oxygen atoms in total. The average molecular weight is 294 g/mol. The molecule has 3 heterocycles. The van der Waals surface area contributed by atoms with Crippen LogP contribution in [0.15, 0.2) is 30.6 Å². The summed E-state index contributed by atoms with van der Waals surface area (Å²) in [5, 5.41) is 9.17. The Bertz CT molecular complexity index is 804. The van der Waals surface area contributed by atoms with E-state index >= 15 is 0 Å². The SMILES string of the molecule is CCc1nc2n(n1)C[C@@H](Nc1ncnc3ccccc13)CC2. The number of anilines is 1. The molecule has 0 spiro atoms. The zero-order valence-corrected chi connectivity index (χ0v) is 12.5. The van der Waals surface area contributed by atoms with E-state index in [4.69, 9.17) is 0 Å². The largest absolute Gasteiger partial charge is 0.365 e. The molecule has 2 aromatic heterocycles. The molecule has 1 N–H and O–H groups in total. The lowest BCUT2D eigenvalue weighted by atomic mass is 10.1. The van der Waals surface area contributed by atoms with Crippen LogP contribution in [0, 0.1) is 0 Å². The van der Waals surface area contributed by atoms with E-state index in [9.17, 15) is 0 Å². The molecule has 0 saturated carbocycles. The van der Waals surface area contributed by atoms with Crippen molar-refractivity contribution in [1.82, 2.24) is 24.7 Å². The van der Waals surface area contributed by atoms with Crippen molar-refractivity contribution in [1.29, 1.82) is 0 Å². The lowest BCUT2D eigenvalue weighted by Crippen LogP contribution is -2.32. The molecule has 22 heavy (non-hydrogen) atoms. The van der Waals surface area contributed by atoms with Gasteiger partial charge in [-0.05, 0) is 18.6 Å². The van der Waals surface area contributed by atoms with Crippen LogP contribution in [-0.4, -0.2) is 30.8 Å². The number of para-hydroxylation sites is 1. The number of hydrogen-bond donors (Lipinski definition) is 1. The first kappa shape index (κ1) is 13.2. The first-order chi connectivity index (χ1) is 10.8. The highest BCUT2D eigenvalue weighted by atomic mass is 15.4. The van der Waals surface area contributed by atoms with Crippen molar-refractivity contribution in [2.24, 2.45) is 0 Å². The highest BCUT2D eigenvalue weighted by Crippen LogP contribution is 2.22. The lowest BCUT2D eigenvalue weighted by Gasteiger charge is -2.24. The van der Waals surface area contributed by atoms with E-state index < -0.39 is 0 Å². The minimum absolute atomic E-state index is 0.317. The molecule has 6 heteroatoms. The van der Waals surface area contributed by atoms with Crippen LogP contribution in [0.5, 0.6) is 0 Å². The lowest BCUT2D eigenvalue weighted by molar-refractivity contribution is 0.440. The molecule has 0 bridgehead atoms. The van der Waals surface area contributed by atoms with Gasteiger partial charge < -0.3 is 5.32 Å². The molecule has 0 fully saturated rings. The van der Waals surface area contributed by atoms with Gasteiger partial charge in [-0.25, -0.2) is 19.6 Å². The van der Waals surface area contributed by atoms with Gasteiger partial charge in [0.1, 0.15) is 18.0 Å². The smallest absolute Gasteiger partial charge is 0.150 e. The molecule has 0 amide bonds. The third-order valence-corrected chi connectivity index (χ3v) is 4.10. The van der Waals surface area contributed by atoms with Gasteiger partial charge in [-0.1, -0.05) is 19.1 Å². The summed E-state index contributed by atoms with van der Waals surface area (Å²) in [4.78, 5) is 13.3. The predicted octanol–water partition coefficient (Wildman–Crippen LogP) is 2.21. The molecule has 3 aromatic rings. The summed E-state index contributed by atoms with van der Waals surface area (Å²) in [5.41, 5.74) is 0.963. The van der Waals surface area contributed by atoms with Gasteiger partial charge in [-0.2, -0.15) is 5.10 Å². The van der Waals surface area contributed by atoms with Crippen LogP contribution in [0.3, 0.4) is 0 Å². The first-order valence-corrected chi connectivity index (χ1v) is 7.72. The quantitative estimate of drug-likeness (QED) is 0.802. The maximum atomic E-state index is 4.56. The minimum Gasteiger partial charge on any atom is -0.365 e. The van der Waals surface area contributed by atoms with Gasteiger partial charge >= 0.3 is 0 Å². The van der Waals surface area contributed by atoms with E-state index in [1.807, 2.05) is 22.9 Å². The van der Waals surface area contributed by atoms with Crippen LogP contribution >= 0.6 is 0 Å². The van der Waals surface area contributed by atoms with Crippen LogP contribution in [0.4, 0.5) is 5.82 Å². The average Bonchev–Trinajstić information content (AvgIpc) is 2.98. The van der Waals surface area contributed by atoms with E-state index in [0.717, 1.165) is 54.2 Å². The fraction of sp³-hybridized carbons (Fsp3) is 0.375. The van der Waals surface area contributed by atoms with E-state index in [1.54, 1.807) is 6.33 Å². The molecule has 1 aliphatic heterocycles. The summed E-state index contributed by atoms with van der Waals surface area (Å²) >= 11 is 0. The summed E-state index contributed by atoms with van der Waals surface area (Å²) in [6.07, 6.45) is 4.49. The number of aromatic nitrogens is 5. The summed E-state index contributed by atoms with van der Waals surface area (Å²) in [7, 11) is 0. The number of hydrogen-bond acceptors (Lipinski definition) is 5. The van der Waals surface area contributed by atoms with Crippen molar-refractivity contribution in [3.05, 3.63) is 42.2 Å². The molecule has 0 radical (unpaired) electrons. The van der Waals surface area contributed by atoms with Gasteiger partial charge in [0.05, 0.1) is 12.1 Å². The third kappa shape index (κ3) is 2.30. The second-order valence-electron chi connectivity index (χ2n) is 5.60. The number of nitrogens with one attached hydrogen (secondary N) is 1. The van der Waals surface area contributed by atoms with E-state index in [2.05, 4.69) is 38.4 Å². The molecule has 0 aliphatic carbocycles. The number of aryl methyl sites for hydroxylation is 2. The van der Waals surface area contributed by atoms with E-state index in [1.165, 1.54) is 0 Å². The van der Waals surface area contributed by atoms with Crippen molar-refractivity contribution in [2.75, 3.05) is 5.32 Å². The minimum atomic E-state index is 0.317. The Hall–Kier alpha value is -2.50. The molecular weight excluding hydrogens is 276 g/mol. The summed E-state index contributed by atoms with van der Waals surface area (Å²) < 4.78 is 2.03. The third-order valence-electron chi connectivity index (χ3n) is 4.10. The topological polar surface area (TPSA) is 68.5 Å². The van der Waals surface area contributed by atoms with E-state index in [0.29, 0.717) is 6.04 Å². The number of benzene rings is 1. The second kappa shape index (κ2) is 5.36. The fourth-order valence-electron chi connectivity index (χ4n) is 2.94. The zero-order valence-electron chi connectivity index (χ0n) is 12.5. The number of fused-ring (bicyclic) bond motifs is 2. The molecule has 4 rings (SSSR count). The Labute approximate surface area is 128 Å².